The van der Waals surface area contributed by atoms with E-state index in [1.165, 1.54) is 38.5 Å². The van der Waals surface area contributed by atoms with Gasteiger partial charge in [0.25, 0.3) is 0 Å². The van der Waals surface area contributed by atoms with Gasteiger partial charge in [-0.1, -0.05) is 6.92 Å². The van der Waals surface area contributed by atoms with Crippen molar-refractivity contribution in [2.24, 2.45) is 28.6 Å². The fourth-order valence-corrected chi connectivity index (χ4v) is 5.83. The third kappa shape index (κ3) is 4.22. The molecule has 0 atom stereocenters. The van der Waals surface area contributed by atoms with E-state index in [9.17, 15) is 4.79 Å². The number of carbonyl (C=O) groups is 1. The summed E-state index contributed by atoms with van der Waals surface area (Å²) >= 11 is 0. The first kappa shape index (κ1) is 19.8. The van der Waals surface area contributed by atoms with E-state index < -0.39 is 5.41 Å². The standard InChI is InChI=1S/C24H34O4/c1-4-23(2,3)22(25)28-21-7-5-20(6-8-21)27-16-26-15-24-12-17-9-18(13-24)11-19(10-17)14-24/h5-8,17-19H,4,9-16H2,1-3H3. The Kier molecular flexibility index (Phi) is 5.43. The number of hydrogen-bond acceptors (Lipinski definition) is 4. The Labute approximate surface area is 168 Å². The zero-order valence-corrected chi connectivity index (χ0v) is 17.5. The van der Waals surface area contributed by atoms with E-state index >= 15 is 0 Å². The first-order chi connectivity index (χ1) is 13.4. The van der Waals surface area contributed by atoms with Crippen LogP contribution in [-0.4, -0.2) is 19.4 Å². The van der Waals surface area contributed by atoms with Crippen molar-refractivity contribution in [1.29, 1.82) is 0 Å². The number of hydrogen-bond donors (Lipinski definition) is 0. The van der Waals surface area contributed by atoms with Gasteiger partial charge in [0.05, 0.1) is 12.0 Å². The van der Waals surface area contributed by atoms with Crippen molar-refractivity contribution in [1.82, 2.24) is 0 Å². The molecular formula is C24H34O4. The molecule has 4 bridgehead atoms. The van der Waals surface area contributed by atoms with Crippen LogP contribution >= 0.6 is 0 Å². The Morgan fingerprint density at radius 2 is 1.54 bits per heavy atom. The third-order valence-corrected chi connectivity index (χ3v) is 7.35. The fourth-order valence-electron chi connectivity index (χ4n) is 5.83. The molecule has 0 N–H and O–H groups in total. The molecule has 4 heteroatoms. The number of rotatable bonds is 8. The van der Waals surface area contributed by atoms with Crippen molar-refractivity contribution in [3.63, 3.8) is 0 Å². The molecule has 0 spiro atoms. The average Bonchev–Trinajstić information content (AvgIpc) is 2.65. The highest BCUT2D eigenvalue weighted by atomic mass is 16.7. The van der Waals surface area contributed by atoms with E-state index in [-0.39, 0.29) is 12.8 Å². The second-order valence-corrected chi connectivity index (χ2v) is 10.1. The Hall–Kier alpha value is -1.55. The van der Waals surface area contributed by atoms with Crippen LogP contribution in [0.3, 0.4) is 0 Å². The molecule has 4 saturated carbocycles. The van der Waals surface area contributed by atoms with Crippen molar-refractivity contribution in [2.75, 3.05) is 13.4 Å². The summed E-state index contributed by atoms with van der Waals surface area (Å²) in [4.78, 5) is 12.2. The Bertz CT molecular complexity index is 656. The van der Waals surface area contributed by atoms with Crippen LogP contribution in [0.15, 0.2) is 24.3 Å². The van der Waals surface area contributed by atoms with E-state index in [2.05, 4.69) is 0 Å². The quantitative estimate of drug-likeness (QED) is 0.253. The van der Waals surface area contributed by atoms with Crippen molar-refractivity contribution in [3.05, 3.63) is 24.3 Å². The van der Waals surface area contributed by atoms with Gasteiger partial charge in [0.2, 0.25) is 0 Å². The number of ether oxygens (including phenoxy) is 3. The van der Waals surface area contributed by atoms with Crippen LogP contribution in [0.25, 0.3) is 0 Å². The SMILES string of the molecule is CCC(C)(C)C(=O)Oc1ccc(OCOCC23CC4CC(CC(C4)C2)C3)cc1. The summed E-state index contributed by atoms with van der Waals surface area (Å²) in [5.41, 5.74) is -0.0531. The molecule has 0 heterocycles. The van der Waals surface area contributed by atoms with Gasteiger partial charge in [-0.15, -0.1) is 0 Å². The van der Waals surface area contributed by atoms with E-state index in [1.807, 2.05) is 32.9 Å². The summed E-state index contributed by atoms with van der Waals surface area (Å²) < 4.78 is 17.2. The lowest BCUT2D eigenvalue weighted by Crippen LogP contribution is -2.48. The van der Waals surface area contributed by atoms with E-state index in [4.69, 9.17) is 14.2 Å². The van der Waals surface area contributed by atoms with Crippen LogP contribution in [0.2, 0.25) is 0 Å². The van der Waals surface area contributed by atoms with Gasteiger partial charge in [-0.25, -0.2) is 0 Å². The lowest BCUT2D eigenvalue weighted by atomic mass is 9.50. The van der Waals surface area contributed by atoms with Crippen molar-refractivity contribution in [3.8, 4) is 11.5 Å². The highest BCUT2D eigenvalue weighted by Crippen LogP contribution is 2.60. The average molecular weight is 387 g/mol. The van der Waals surface area contributed by atoms with Gasteiger partial charge in [0.1, 0.15) is 11.5 Å². The minimum atomic E-state index is -0.472. The third-order valence-electron chi connectivity index (χ3n) is 7.35. The van der Waals surface area contributed by atoms with Gasteiger partial charge in [0, 0.05) is 0 Å². The van der Waals surface area contributed by atoms with E-state index in [1.54, 1.807) is 12.1 Å². The topological polar surface area (TPSA) is 44.8 Å². The van der Waals surface area contributed by atoms with Crippen LogP contribution in [-0.2, 0) is 9.53 Å². The minimum absolute atomic E-state index is 0.206. The Balaban J connectivity index is 1.22. The molecule has 0 unspecified atom stereocenters. The van der Waals surface area contributed by atoms with Gasteiger partial charge < -0.3 is 14.2 Å². The lowest BCUT2D eigenvalue weighted by molar-refractivity contribution is -0.144. The van der Waals surface area contributed by atoms with Crippen molar-refractivity contribution >= 4 is 5.97 Å². The molecule has 0 aliphatic heterocycles. The normalized spacial score (nSPS) is 31.0. The van der Waals surface area contributed by atoms with Crippen LogP contribution < -0.4 is 9.47 Å². The molecular weight excluding hydrogens is 352 g/mol. The molecule has 5 rings (SSSR count). The van der Waals surface area contributed by atoms with Crippen molar-refractivity contribution in [2.45, 2.75) is 65.7 Å². The molecule has 0 aromatic heterocycles. The molecule has 4 aliphatic rings. The monoisotopic (exact) mass is 386 g/mol. The summed E-state index contributed by atoms with van der Waals surface area (Å²) in [7, 11) is 0. The smallest absolute Gasteiger partial charge is 0.316 e. The van der Waals surface area contributed by atoms with Gasteiger partial charge in [-0.2, -0.15) is 0 Å². The molecule has 0 amide bonds. The first-order valence-corrected chi connectivity index (χ1v) is 10.9. The molecule has 4 nitrogen and oxygen atoms in total. The summed E-state index contributed by atoms with van der Waals surface area (Å²) in [5.74, 6) is 3.92. The number of carbonyl (C=O) groups excluding carboxylic acids is 1. The van der Waals surface area contributed by atoms with E-state index in [0.29, 0.717) is 11.2 Å². The Morgan fingerprint density at radius 1 is 1.00 bits per heavy atom. The van der Waals surface area contributed by atoms with Crippen LogP contribution in [0.1, 0.15) is 65.7 Å². The summed E-state index contributed by atoms with van der Waals surface area (Å²) in [6.45, 7) is 6.89. The predicted molar refractivity (Wildman–Crippen MR) is 108 cm³/mol. The molecule has 0 radical (unpaired) electrons. The molecule has 1 aromatic carbocycles. The molecule has 28 heavy (non-hydrogen) atoms. The van der Waals surface area contributed by atoms with Gasteiger partial charge in [-0.3, -0.25) is 4.79 Å². The molecule has 1 aromatic rings. The maximum absolute atomic E-state index is 12.2. The van der Waals surface area contributed by atoms with Gasteiger partial charge in [0.15, 0.2) is 6.79 Å². The number of esters is 1. The van der Waals surface area contributed by atoms with Gasteiger partial charge >= 0.3 is 5.97 Å². The molecule has 0 saturated heterocycles. The predicted octanol–water partition coefficient (Wildman–Crippen LogP) is 5.60. The highest BCUT2D eigenvalue weighted by molar-refractivity contribution is 5.78. The van der Waals surface area contributed by atoms with Crippen LogP contribution in [0.4, 0.5) is 0 Å². The zero-order valence-electron chi connectivity index (χ0n) is 17.5. The minimum Gasteiger partial charge on any atom is -0.468 e. The summed E-state index contributed by atoms with van der Waals surface area (Å²) in [6.07, 6.45) is 9.19. The second kappa shape index (κ2) is 7.70. The fraction of sp³-hybridized carbons (Fsp3) is 0.708. The van der Waals surface area contributed by atoms with Crippen molar-refractivity contribution < 1.29 is 19.0 Å². The van der Waals surface area contributed by atoms with E-state index in [0.717, 1.165) is 36.5 Å². The summed E-state index contributed by atoms with van der Waals surface area (Å²) in [5, 5.41) is 0. The molecule has 4 aliphatic carbocycles. The highest BCUT2D eigenvalue weighted by Gasteiger charge is 2.50. The maximum Gasteiger partial charge on any atom is 0.316 e. The maximum atomic E-state index is 12.2. The lowest BCUT2D eigenvalue weighted by Gasteiger charge is -2.56. The number of benzene rings is 1. The molecule has 4 fully saturated rings. The Morgan fingerprint density at radius 3 is 2.07 bits per heavy atom. The van der Waals surface area contributed by atoms with Crippen LogP contribution in [0.5, 0.6) is 11.5 Å². The molecule has 154 valence electrons. The first-order valence-electron chi connectivity index (χ1n) is 10.9. The summed E-state index contributed by atoms with van der Waals surface area (Å²) in [6, 6.07) is 7.21. The zero-order chi connectivity index (χ0) is 19.8. The van der Waals surface area contributed by atoms with Gasteiger partial charge in [-0.05, 0) is 106 Å². The van der Waals surface area contributed by atoms with Crippen LogP contribution in [0, 0.1) is 28.6 Å². The second-order valence-electron chi connectivity index (χ2n) is 10.1. The largest absolute Gasteiger partial charge is 0.468 e.